The van der Waals surface area contributed by atoms with Crippen LogP contribution in [0.25, 0.3) is 22.9 Å². The second-order valence-electron chi connectivity index (χ2n) is 8.53. The molecule has 6 nitrogen and oxygen atoms in total. The molecule has 0 aliphatic rings. The van der Waals surface area contributed by atoms with Gasteiger partial charge in [-0.1, -0.05) is 0 Å². The smallest absolute Gasteiger partial charge is 1.00 e. The molecule has 2 aromatic heterocycles. The Balaban J connectivity index is 0.000000629. The van der Waals surface area contributed by atoms with Gasteiger partial charge in [0.2, 0.25) is 11.8 Å². The summed E-state index contributed by atoms with van der Waals surface area (Å²) in [5.74, 6) is 1.36. The molecule has 0 amide bonds. The van der Waals surface area contributed by atoms with Crippen LogP contribution in [0.2, 0.25) is 0 Å². The fraction of sp³-hybridized carbons (Fsp3) is 0.240. The van der Waals surface area contributed by atoms with Gasteiger partial charge in [-0.15, -0.1) is 0 Å². The predicted molar refractivity (Wildman–Crippen MR) is 131 cm³/mol. The Labute approximate surface area is 227 Å². The first-order valence-electron chi connectivity index (χ1n) is 10.1. The molecule has 0 aliphatic heterocycles. The maximum atomic E-state index is 12.8. The summed E-state index contributed by atoms with van der Waals surface area (Å²) in [5.41, 5.74) is 6.02. The maximum Gasteiger partial charge on any atom is 1.00 e. The van der Waals surface area contributed by atoms with Crippen LogP contribution in [0.5, 0.6) is 0 Å². The first-order chi connectivity index (χ1) is 15.5. The fourth-order valence-corrected chi connectivity index (χ4v) is 2.64. The second kappa shape index (κ2) is 12.3. The molecule has 2 aromatic carbocycles. The Morgan fingerprint density at radius 1 is 0.800 bits per heavy atom. The minimum Gasteiger partial charge on any atom is -1.00 e. The summed E-state index contributed by atoms with van der Waals surface area (Å²) < 4.78 is 36.5. The van der Waals surface area contributed by atoms with Crippen molar-refractivity contribution in [1.82, 2.24) is 9.97 Å². The molecular weight excluding hydrogens is 460 g/mol. The van der Waals surface area contributed by atoms with Crippen LogP contribution in [0.1, 0.15) is 40.6 Å². The standard InChI is InChI=1S/C13H11FN2O.C12H13FN2O.Al.Li.4H/c1-13(2,8-15)11-7-16-12(17-11)9-3-5-10(14)6-4-9;1-12(2,14)10-7-15-11(16-10)8-3-5-9(13)6-4-8;;;;;;/h3-7H,1-2H3;3-7H,14H2,1-2H3;;;;;;/q;;;+1;;;;-1. The van der Waals surface area contributed by atoms with Gasteiger partial charge in [-0.25, -0.2) is 18.7 Å². The summed E-state index contributed by atoms with van der Waals surface area (Å²) in [4.78, 5) is 8.20. The molecule has 0 unspecified atom stereocenters. The minimum atomic E-state index is -0.717. The van der Waals surface area contributed by atoms with Crippen LogP contribution in [0, 0.1) is 23.0 Å². The quantitative estimate of drug-likeness (QED) is 0.441. The zero-order chi connectivity index (χ0) is 24.2. The first-order valence-corrected chi connectivity index (χ1v) is 10.1. The third kappa shape index (κ3) is 7.91. The molecule has 35 heavy (non-hydrogen) atoms. The second-order valence-corrected chi connectivity index (χ2v) is 8.53. The average molecular weight is 488 g/mol. The van der Waals surface area contributed by atoms with Gasteiger partial charge in [0.15, 0.2) is 17.4 Å². The van der Waals surface area contributed by atoms with Crippen LogP contribution in [0.15, 0.2) is 69.8 Å². The van der Waals surface area contributed by atoms with Crippen molar-refractivity contribution in [3.63, 3.8) is 0 Å². The Morgan fingerprint density at radius 2 is 1.17 bits per heavy atom. The third-order valence-electron chi connectivity index (χ3n) is 4.72. The van der Waals surface area contributed by atoms with Gasteiger partial charge in [0.05, 0.1) is 24.0 Å². The number of rotatable bonds is 4. The largest absolute Gasteiger partial charge is 1.00 e. The number of nitrogens with zero attached hydrogens (tertiary/aromatic N) is 3. The van der Waals surface area contributed by atoms with Crippen molar-refractivity contribution >= 4 is 17.4 Å². The average Bonchev–Trinajstić information content (AvgIpc) is 3.46. The number of halogens is 2. The number of aromatic nitrogens is 2. The molecule has 4 rings (SSSR count). The van der Waals surface area contributed by atoms with Gasteiger partial charge in [0.25, 0.3) is 0 Å². The number of benzene rings is 2. The third-order valence-corrected chi connectivity index (χ3v) is 4.72. The number of hydrogen-bond donors (Lipinski definition) is 1. The molecule has 0 spiro atoms. The molecule has 10 heteroatoms. The Kier molecular flexibility index (Phi) is 10.7. The topological polar surface area (TPSA) is 102 Å². The van der Waals surface area contributed by atoms with E-state index in [9.17, 15) is 8.78 Å². The van der Waals surface area contributed by atoms with Gasteiger partial charge >= 0.3 is 18.9 Å². The van der Waals surface area contributed by atoms with Crippen LogP contribution in [-0.4, -0.2) is 27.3 Å². The van der Waals surface area contributed by atoms with E-state index >= 15 is 0 Å². The minimum absolute atomic E-state index is 0. The SMILES string of the molecule is CC(C)(C#N)c1cnc(-c2ccc(F)cc2)o1.CC(C)(N)c1cnc(-c2ccc(F)cc2)o1.[AlH3].[H-].[Li+]. The van der Waals surface area contributed by atoms with Crippen molar-refractivity contribution in [2.75, 3.05) is 0 Å². The van der Waals surface area contributed by atoms with E-state index in [-0.39, 0.29) is 49.3 Å². The molecule has 0 radical (unpaired) electrons. The van der Waals surface area contributed by atoms with Gasteiger partial charge in [-0.05, 0) is 76.2 Å². The normalized spacial score (nSPS) is 10.8. The van der Waals surface area contributed by atoms with Gasteiger partial charge in [0.1, 0.15) is 28.6 Å². The zero-order valence-corrected chi connectivity index (χ0v) is 19.8. The van der Waals surface area contributed by atoms with Crippen molar-refractivity contribution in [1.29, 1.82) is 5.26 Å². The predicted octanol–water partition coefficient (Wildman–Crippen LogP) is 1.89. The van der Waals surface area contributed by atoms with E-state index in [2.05, 4.69) is 16.0 Å². The molecule has 0 saturated carbocycles. The molecule has 2 heterocycles. The van der Waals surface area contributed by atoms with Crippen molar-refractivity contribution in [3.05, 3.63) is 84.1 Å². The summed E-state index contributed by atoms with van der Waals surface area (Å²) in [6, 6.07) is 14.0. The van der Waals surface area contributed by atoms with Crippen LogP contribution in [0.4, 0.5) is 8.78 Å². The molecule has 2 N–H and O–H groups in total. The van der Waals surface area contributed by atoms with E-state index in [0.717, 1.165) is 5.56 Å². The molecule has 0 bridgehead atoms. The van der Waals surface area contributed by atoms with E-state index in [1.54, 1.807) is 44.3 Å². The van der Waals surface area contributed by atoms with Crippen LogP contribution in [0.3, 0.4) is 0 Å². The molecule has 178 valence electrons. The van der Waals surface area contributed by atoms with Gasteiger partial charge in [-0.2, -0.15) is 5.26 Å². The van der Waals surface area contributed by atoms with E-state index in [1.165, 1.54) is 30.5 Å². The molecule has 0 aliphatic carbocycles. The number of nitriles is 1. The Bertz CT molecular complexity index is 1260. The van der Waals surface area contributed by atoms with Crippen molar-refractivity contribution in [2.24, 2.45) is 5.73 Å². The fourth-order valence-electron chi connectivity index (χ4n) is 2.64. The van der Waals surface area contributed by atoms with Crippen molar-refractivity contribution in [3.8, 4) is 29.0 Å². The van der Waals surface area contributed by atoms with Gasteiger partial charge in [0, 0.05) is 11.1 Å². The first kappa shape index (κ1) is 30.3. The van der Waals surface area contributed by atoms with Gasteiger partial charge < -0.3 is 16.0 Å². The molecule has 0 saturated heterocycles. The molecule has 0 fully saturated rings. The summed E-state index contributed by atoms with van der Waals surface area (Å²) in [6.45, 7) is 7.17. The van der Waals surface area contributed by atoms with Gasteiger partial charge in [-0.3, -0.25) is 0 Å². The molecule has 4 aromatic rings. The summed E-state index contributed by atoms with van der Waals surface area (Å²) in [5, 5.41) is 8.98. The number of oxazole rings is 2. The van der Waals surface area contributed by atoms with E-state index in [4.69, 9.17) is 19.8 Å². The maximum absolute atomic E-state index is 12.8. The summed E-state index contributed by atoms with van der Waals surface area (Å²) in [7, 11) is 0. The Morgan fingerprint density at radius 3 is 1.51 bits per heavy atom. The van der Waals surface area contributed by atoms with Crippen LogP contribution < -0.4 is 24.6 Å². The van der Waals surface area contributed by atoms with Crippen LogP contribution >= 0.6 is 0 Å². The monoisotopic (exact) mass is 488 g/mol. The van der Waals surface area contributed by atoms with Crippen LogP contribution in [-0.2, 0) is 11.0 Å². The van der Waals surface area contributed by atoms with E-state index < -0.39 is 11.0 Å². The van der Waals surface area contributed by atoms with E-state index in [0.29, 0.717) is 28.9 Å². The summed E-state index contributed by atoms with van der Waals surface area (Å²) >= 11 is 0. The zero-order valence-electron chi connectivity index (χ0n) is 20.8. The van der Waals surface area contributed by atoms with E-state index in [1.807, 2.05) is 13.8 Å². The number of nitrogens with two attached hydrogens (primary N) is 1. The molecule has 0 atom stereocenters. The number of hydrogen-bond acceptors (Lipinski definition) is 6. The van der Waals surface area contributed by atoms with Crippen molar-refractivity contribution < 1.29 is 37.9 Å². The Hall–Kier alpha value is -2.70. The van der Waals surface area contributed by atoms with Crippen molar-refractivity contribution in [2.45, 2.75) is 38.6 Å². The summed E-state index contributed by atoms with van der Waals surface area (Å²) in [6.07, 6.45) is 3.13. The molecular formula is C25H28AlF2LiN4O2.